The van der Waals surface area contributed by atoms with E-state index in [0.717, 1.165) is 12.1 Å². The fraction of sp³-hybridized carbons (Fsp3) is 0.192. The molecule has 0 spiro atoms. The lowest BCUT2D eigenvalue weighted by Crippen LogP contribution is -2.30. The first-order valence-corrected chi connectivity index (χ1v) is 11.8. The minimum atomic E-state index is -4.53. The maximum absolute atomic E-state index is 13.4. The third-order valence-electron chi connectivity index (χ3n) is 6.09. The van der Waals surface area contributed by atoms with E-state index in [1.165, 1.54) is 23.0 Å². The van der Waals surface area contributed by atoms with Crippen LogP contribution in [0.1, 0.15) is 22.5 Å². The quantitative estimate of drug-likeness (QED) is 0.327. The van der Waals surface area contributed by atoms with Gasteiger partial charge in [0.25, 0.3) is 5.91 Å². The predicted octanol–water partition coefficient (Wildman–Crippen LogP) is 3.75. The largest absolute Gasteiger partial charge is 0.457 e. The molecule has 0 saturated carbocycles. The van der Waals surface area contributed by atoms with Gasteiger partial charge in [-0.15, -0.1) is 0 Å². The Morgan fingerprint density at radius 2 is 1.90 bits per heavy atom. The number of nitrogens with one attached hydrogen (secondary N) is 2. The molecular formula is C26H22F3N7O3. The van der Waals surface area contributed by atoms with Gasteiger partial charge in [-0.05, 0) is 55.0 Å². The normalized spacial score (nSPS) is 15.2. The highest BCUT2D eigenvalue weighted by Crippen LogP contribution is 2.39. The average Bonchev–Trinajstić information content (AvgIpc) is 3.51. The van der Waals surface area contributed by atoms with Crippen LogP contribution >= 0.6 is 0 Å². The van der Waals surface area contributed by atoms with Gasteiger partial charge in [-0.1, -0.05) is 0 Å². The van der Waals surface area contributed by atoms with Gasteiger partial charge in [-0.3, -0.25) is 14.3 Å². The molecule has 10 nitrogen and oxygen atoms in total. The van der Waals surface area contributed by atoms with E-state index in [1.54, 1.807) is 37.4 Å². The molecule has 3 heterocycles. The molecule has 4 N–H and O–H groups in total. The number of primary amides is 1. The molecular weight excluding hydrogens is 515 g/mol. The predicted molar refractivity (Wildman–Crippen MR) is 135 cm³/mol. The van der Waals surface area contributed by atoms with Crippen LogP contribution in [0.25, 0.3) is 22.6 Å². The monoisotopic (exact) mass is 537 g/mol. The first-order chi connectivity index (χ1) is 18.6. The summed E-state index contributed by atoms with van der Waals surface area (Å²) in [6, 6.07) is 12.2. The minimum absolute atomic E-state index is 0.0354. The van der Waals surface area contributed by atoms with Crippen LogP contribution in [-0.2, 0) is 18.0 Å². The van der Waals surface area contributed by atoms with Gasteiger partial charge < -0.3 is 21.1 Å². The molecule has 4 aromatic rings. The molecule has 0 radical (unpaired) electrons. The fourth-order valence-electron chi connectivity index (χ4n) is 4.12. The van der Waals surface area contributed by atoms with Gasteiger partial charge in [0, 0.05) is 37.0 Å². The number of halogens is 3. The van der Waals surface area contributed by atoms with Crippen molar-refractivity contribution >= 4 is 17.6 Å². The van der Waals surface area contributed by atoms with Crippen LogP contribution in [0, 0.1) is 0 Å². The van der Waals surface area contributed by atoms with E-state index in [9.17, 15) is 22.8 Å². The minimum Gasteiger partial charge on any atom is -0.457 e. The van der Waals surface area contributed by atoms with Crippen molar-refractivity contribution in [3.63, 3.8) is 0 Å². The zero-order chi connectivity index (χ0) is 27.7. The van der Waals surface area contributed by atoms with E-state index >= 15 is 0 Å². The van der Waals surface area contributed by atoms with Crippen molar-refractivity contribution in [1.82, 2.24) is 25.1 Å². The Morgan fingerprint density at radius 1 is 1.13 bits per heavy atom. The molecule has 5 rings (SSSR count). The molecule has 1 atom stereocenters. The van der Waals surface area contributed by atoms with Crippen LogP contribution < -0.4 is 21.1 Å². The Balaban J connectivity index is 1.44. The number of aromatic nitrogens is 4. The number of amides is 2. The molecule has 39 heavy (non-hydrogen) atoms. The lowest BCUT2D eigenvalue weighted by Gasteiger charge is -2.15. The highest BCUT2D eigenvalue weighted by atomic mass is 19.4. The summed E-state index contributed by atoms with van der Waals surface area (Å²) in [6.45, 7) is 0.528. The number of rotatable bonds is 7. The molecule has 1 aliphatic rings. The lowest BCUT2D eigenvalue weighted by molar-refractivity contribution is -0.137. The number of nitrogens with two attached hydrogens (primary N) is 1. The Hall–Kier alpha value is -4.94. The van der Waals surface area contributed by atoms with Crippen LogP contribution in [0.2, 0.25) is 0 Å². The van der Waals surface area contributed by atoms with E-state index in [4.69, 9.17) is 10.5 Å². The van der Waals surface area contributed by atoms with Crippen molar-refractivity contribution < 1.29 is 27.5 Å². The molecule has 13 heteroatoms. The van der Waals surface area contributed by atoms with Crippen LogP contribution in [-0.4, -0.2) is 44.1 Å². The number of benzene rings is 2. The molecule has 1 fully saturated rings. The number of carbonyl (C=O) groups is 2. The van der Waals surface area contributed by atoms with Crippen LogP contribution in [0.5, 0.6) is 11.5 Å². The highest BCUT2D eigenvalue weighted by Gasteiger charge is 2.32. The SMILES string of the molecule is Cn1nccc1-c1cc(C(F)(F)F)ccc1Oc1ccc(-c2nc(N[C@H]3CCNC3=O)cc(C(N)=O)n2)cc1. The number of carbonyl (C=O) groups excluding carboxylic acids is 2. The molecule has 2 aromatic carbocycles. The third-order valence-corrected chi connectivity index (χ3v) is 6.09. The summed E-state index contributed by atoms with van der Waals surface area (Å²) in [5, 5.41) is 9.76. The lowest BCUT2D eigenvalue weighted by atomic mass is 10.1. The van der Waals surface area contributed by atoms with Crippen molar-refractivity contribution in [1.29, 1.82) is 0 Å². The average molecular weight is 538 g/mol. The van der Waals surface area contributed by atoms with Gasteiger partial charge in [0.1, 0.15) is 29.1 Å². The van der Waals surface area contributed by atoms with Crippen LogP contribution in [0.15, 0.2) is 60.8 Å². The summed E-state index contributed by atoms with van der Waals surface area (Å²) in [5.41, 5.74) is 5.78. The molecule has 0 aliphatic carbocycles. The van der Waals surface area contributed by atoms with Gasteiger partial charge in [0.05, 0.1) is 11.3 Å². The zero-order valence-electron chi connectivity index (χ0n) is 20.5. The van der Waals surface area contributed by atoms with E-state index < -0.39 is 23.7 Å². The molecule has 1 aliphatic heterocycles. The maximum atomic E-state index is 13.4. The fourth-order valence-corrected chi connectivity index (χ4v) is 4.12. The van der Waals surface area contributed by atoms with E-state index in [1.807, 2.05) is 0 Å². The van der Waals surface area contributed by atoms with Gasteiger partial charge >= 0.3 is 6.18 Å². The number of ether oxygens (including phenoxy) is 1. The number of hydrogen-bond acceptors (Lipinski definition) is 7. The van der Waals surface area contributed by atoms with Gasteiger partial charge in [0.15, 0.2) is 5.82 Å². The standard InChI is InChI=1S/C26H22F3N7O3/c1-36-20(9-11-32-36)17-12-15(26(27,28)29)4-7-21(17)39-16-5-2-14(3-6-16)24-34-19(23(30)37)13-22(35-24)33-18-8-10-31-25(18)38/h2-7,9,11-13,18H,8,10H2,1H3,(H2,30,37)(H,31,38)(H,33,34,35)/t18-/m0/s1. The Bertz CT molecular complexity index is 1550. The summed E-state index contributed by atoms with van der Waals surface area (Å²) < 4.78 is 47.6. The molecule has 1 saturated heterocycles. The number of hydrogen-bond donors (Lipinski definition) is 3. The first-order valence-electron chi connectivity index (χ1n) is 11.8. The van der Waals surface area contributed by atoms with Crippen LogP contribution in [0.4, 0.5) is 19.0 Å². The number of alkyl halides is 3. The Morgan fingerprint density at radius 3 is 2.51 bits per heavy atom. The van der Waals surface area contributed by atoms with Crippen molar-refractivity contribution in [3.8, 4) is 34.1 Å². The van der Waals surface area contributed by atoms with Crippen molar-refractivity contribution in [3.05, 3.63) is 72.1 Å². The number of nitrogens with zero attached hydrogens (tertiary/aromatic N) is 4. The van der Waals surface area contributed by atoms with E-state index in [2.05, 4.69) is 25.7 Å². The van der Waals surface area contributed by atoms with Gasteiger partial charge in [-0.2, -0.15) is 18.3 Å². The summed E-state index contributed by atoms with van der Waals surface area (Å²) in [7, 11) is 1.62. The molecule has 2 aromatic heterocycles. The van der Waals surface area contributed by atoms with Crippen LogP contribution in [0.3, 0.4) is 0 Å². The van der Waals surface area contributed by atoms with Gasteiger partial charge in [0.2, 0.25) is 5.91 Å². The summed E-state index contributed by atoms with van der Waals surface area (Å²) in [5.74, 6) is 0.0563. The molecule has 2 amide bonds. The summed E-state index contributed by atoms with van der Waals surface area (Å²) in [6.07, 6.45) is -2.49. The highest BCUT2D eigenvalue weighted by molar-refractivity contribution is 5.92. The zero-order valence-corrected chi connectivity index (χ0v) is 20.5. The van der Waals surface area contributed by atoms with E-state index in [0.29, 0.717) is 30.0 Å². The second-order valence-corrected chi connectivity index (χ2v) is 8.78. The molecule has 200 valence electrons. The summed E-state index contributed by atoms with van der Waals surface area (Å²) in [4.78, 5) is 32.4. The third kappa shape index (κ3) is 5.51. The second-order valence-electron chi connectivity index (χ2n) is 8.78. The van der Waals surface area contributed by atoms with Crippen molar-refractivity contribution in [2.45, 2.75) is 18.6 Å². The van der Waals surface area contributed by atoms with Crippen molar-refractivity contribution in [2.75, 3.05) is 11.9 Å². The topological polar surface area (TPSA) is 137 Å². The Kier molecular flexibility index (Phi) is 6.64. The van der Waals surface area contributed by atoms with E-state index in [-0.39, 0.29) is 34.6 Å². The molecule has 0 bridgehead atoms. The maximum Gasteiger partial charge on any atom is 0.416 e. The number of anilines is 1. The number of aryl methyl sites for hydroxylation is 1. The van der Waals surface area contributed by atoms with Gasteiger partial charge in [-0.25, -0.2) is 9.97 Å². The smallest absolute Gasteiger partial charge is 0.416 e. The Labute approximate surface area is 220 Å². The second kappa shape index (κ2) is 10.1. The first kappa shape index (κ1) is 25.7. The summed E-state index contributed by atoms with van der Waals surface area (Å²) >= 11 is 0. The van der Waals surface area contributed by atoms with Crippen molar-refractivity contribution in [2.24, 2.45) is 12.8 Å². The molecule has 0 unspecified atom stereocenters.